The maximum Gasteiger partial charge on any atom is 0.472 e. The number of carbonyl (C=O) groups excluding carboxylic acids is 2. The molecule has 0 aromatic heterocycles. The van der Waals surface area contributed by atoms with Gasteiger partial charge in [-0.15, -0.1) is 0 Å². The topological polar surface area (TPSA) is 108 Å². The second-order valence-corrected chi connectivity index (χ2v) is 17.5. The van der Waals surface area contributed by atoms with Gasteiger partial charge in [-0.25, -0.2) is 4.57 Å². The summed E-state index contributed by atoms with van der Waals surface area (Å²) in [6.45, 7) is -1.39. The molecule has 1 N–H and O–H groups in total. The van der Waals surface area contributed by atoms with E-state index in [0.29, 0.717) is 30.2 Å². The lowest BCUT2D eigenvalue weighted by Gasteiger charge is -2.33. The smallest absolute Gasteiger partial charge is 0.462 e. The molecule has 0 fully saturated rings. The van der Waals surface area contributed by atoms with E-state index in [4.69, 9.17) is 18.5 Å². The Morgan fingerprint density at radius 2 is 0.844 bits per heavy atom. The SMILES string of the molecule is C[N+](C)(C)CCOP(=O)(O)OC[C@@H](COC(=O)CCCCCCCCCC(F)(F)C(F)(F)C(F)(F)C(F)(F)F)OC(=O)CCCCCCCCCC(F)(F)C(F)(F)C(F)(F)C(F)(F)F. The van der Waals surface area contributed by atoms with Gasteiger partial charge >= 0.3 is 67.6 Å². The highest BCUT2D eigenvalue weighted by Gasteiger charge is 2.82. The fourth-order valence-electron chi connectivity index (χ4n) is 5.39. The van der Waals surface area contributed by atoms with Gasteiger partial charge in [0.25, 0.3) is 0 Å². The number of hydrogen-bond acceptors (Lipinski definition) is 7. The molecule has 0 aromatic carbocycles. The van der Waals surface area contributed by atoms with Gasteiger partial charge in [0.1, 0.15) is 19.8 Å². The van der Waals surface area contributed by atoms with Gasteiger partial charge in [0.05, 0.1) is 27.7 Å². The summed E-state index contributed by atoms with van der Waals surface area (Å²) in [5.74, 6) is -40.3. The number of nitrogens with zero attached hydrogens (tertiary/aromatic N) is 1. The molecule has 0 spiro atoms. The number of unbranched alkanes of at least 4 members (excludes halogenated alkanes) is 12. The first-order chi connectivity index (χ1) is 28.8. The lowest BCUT2D eigenvalue weighted by atomic mass is 9.97. The summed E-state index contributed by atoms with van der Waals surface area (Å²) in [5.41, 5.74) is 0. The molecule has 0 saturated heterocycles. The molecular formula is C36H55F18NO8P+. The molecule has 2 atom stereocenters. The number of carbonyl (C=O) groups is 2. The van der Waals surface area contributed by atoms with Crippen LogP contribution in [0.2, 0.25) is 0 Å². The first kappa shape index (κ1) is 61.8. The van der Waals surface area contributed by atoms with Crippen LogP contribution in [0.1, 0.15) is 116 Å². The Bertz CT molecular complexity index is 1440. The molecule has 0 saturated carbocycles. The van der Waals surface area contributed by atoms with Crippen LogP contribution in [-0.4, -0.2) is 123 Å². The number of rotatable bonds is 34. The van der Waals surface area contributed by atoms with E-state index in [0.717, 1.165) is 0 Å². The molecule has 382 valence electrons. The highest BCUT2D eigenvalue weighted by molar-refractivity contribution is 7.47. The van der Waals surface area contributed by atoms with Crippen molar-refractivity contribution in [3.05, 3.63) is 0 Å². The highest BCUT2D eigenvalue weighted by atomic mass is 31.2. The zero-order chi connectivity index (χ0) is 50.1. The van der Waals surface area contributed by atoms with E-state index in [1.807, 2.05) is 0 Å². The summed E-state index contributed by atoms with van der Waals surface area (Å²) >= 11 is 0. The van der Waals surface area contributed by atoms with Crippen molar-refractivity contribution < 1.29 is 121 Å². The summed E-state index contributed by atoms with van der Waals surface area (Å²) in [7, 11) is 0.595. The Morgan fingerprint density at radius 3 is 1.20 bits per heavy atom. The van der Waals surface area contributed by atoms with Crippen LogP contribution in [0.15, 0.2) is 0 Å². The molecule has 0 aromatic rings. The number of phosphoric ester groups is 1. The maximum absolute atomic E-state index is 13.7. The van der Waals surface area contributed by atoms with E-state index < -0.39 is 113 Å². The van der Waals surface area contributed by atoms with Gasteiger partial charge in [-0.2, -0.15) is 79.0 Å². The molecule has 0 aliphatic rings. The molecule has 0 aliphatic heterocycles. The van der Waals surface area contributed by atoms with Crippen molar-refractivity contribution in [1.82, 2.24) is 0 Å². The molecule has 9 nitrogen and oxygen atoms in total. The molecule has 64 heavy (non-hydrogen) atoms. The second kappa shape index (κ2) is 25.2. The number of ether oxygens (including phenoxy) is 2. The number of likely N-dealkylation sites (N-methyl/N-ethyl adjacent to an activating group) is 1. The van der Waals surface area contributed by atoms with Crippen molar-refractivity contribution in [1.29, 1.82) is 0 Å². The van der Waals surface area contributed by atoms with Gasteiger partial charge in [-0.05, 0) is 25.7 Å². The molecule has 0 amide bonds. The zero-order valence-electron chi connectivity index (χ0n) is 35.1. The average molecular weight is 1000 g/mol. The largest absolute Gasteiger partial charge is 0.472 e. The van der Waals surface area contributed by atoms with Gasteiger partial charge in [-0.1, -0.05) is 64.2 Å². The predicted molar refractivity (Wildman–Crippen MR) is 190 cm³/mol. The van der Waals surface area contributed by atoms with E-state index in [9.17, 15) is 98.1 Å². The van der Waals surface area contributed by atoms with E-state index in [1.54, 1.807) is 21.1 Å². The van der Waals surface area contributed by atoms with Crippen LogP contribution in [0.5, 0.6) is 0 Å². The molecule has 0 rings (SSSR count). The van der Waals surface area contributed by atoms with Crippen LogP contribution in [0.4, 0.5) is 79.0 Å². The normalized spacial score (nSPS) is 15.5. The highest BCUT2D eigenvalue weighted by Crippen LogP contribution is 2.55. The lowest BCUT2D eigenvalue weighted by molar-refractivity contribution is -0.870. The minimum Gasteiger partial charge on any atom is -0.462 e. The Kier molecular flexibility index (Phi) is 24.3. The van der Waals surface area contributed by atoms with Crippen molar-refractivity contribution in [2.24, 2.45) is 0 Å². The van der Waals surface area contributed by atoms with Crippen LogP contribution < -0.4 is 0 Å². The van der Waals surface area contributed by atoms with Crippen molar-refractivity contribution in [3.63, 3.8) is 0 Å². The molecule has 0 bridgehead atoms. The summed E-state index contributed by atoms with van der Waals surface area (Å²) in [6.07, 6.45) is -19.1. The van der Waals surface area contributed by atoms with E-state index >= 15 is 0 Å². The Hall–Kier alpha value is -2.25. The minimum atomic E-state index is -6.96. The van der Waals surface area contributed by atoms with Crippen LogP contribution >= 0.6 is 7.82 Å². The van der Waals surface area contributed by atoms with Gasteiger partial charge in [-0.3, -0.25) is 18.6 Å². The number of phosphoric acid groups is 1. The van der Waals surface area contributed by atoms with E-state index in [1.165, 1.54) is 0 Å². The Balaban J connectivity index is 4.84. The van der Waals surface area contributed by atoms with Crippen LogP contribution in [0, 0.1) is 0 Å². The Morgan fingerprint density at radius 1 is 0.500 bits per heavy atom. The first-order valence-electron chi connectivity index (χ1n) is 20.0. The lowest BCUT2D eigenvalue weighted by Crippen LogP contribution is -2.60. The van der Waals surface area contributed by atoms with Gasteiger partial charge < -0.3 is 18.9 Å². The van der Waals surface area contributed by atoms with Gasteiger partial charge in [0, 0.05) is 25.7 Å². The van der Waals surface area contributed by atoms with Crippen LogP contribution in [0.25, 0.3) is 0 Å². The first-order valence-corrected chi connectivity index (χ1v) is 21.5. The third-order valence-corrected chi connectivity index (χ3v) is 10.3. The molecular weight excluding hydrogens is 947 g/mol. The average Bonchev–Trinajstić information content (AvgIpc) is 3.12. The summed E-state index contributed by atoms with van der Waals surface area (Å²) in [6, 6.07) is 0. The molecule has 0 aliphatic carbocycles. The third-order valence-electron chi connectivity index (χ3n) is 9.33. The maximum atomic E-state index is 13.7. The number of alkyl halides is 18. The summed E-state index contributed by atoms with van der Waals surface area (Å²) < 4.78 is 266. The number of hydrogen-bond donors (Lipinski definition) is 1. The van der Waals surface area contributed by atoms with Crippen molar-refractivity contribution in [3.8, 4) is 0 Å². The fourth-order valence-corrected chi connectivity index (χ4v) is 6.14. The molecule has 0 heterocycles. The van der Waals surface area contributed by atoms with Gasteiger partial charge in [0.2, 0.25) is 0 Å². The van der Waals surface area contributed by atoms with Crippen molar-refractivity contribution in [2.75, 3.05) is 47.5 Å². The quantitative estimate of drug-likeness (QED) is 0.0223. The monoisotopic (exact) mass is 1000 g/mol. The van der Waals surface area contributed by atoms with Crippen LogP contribution in [-0.2, 0) is 32.7 Å². The number of halogens is 18. The number of quaternary nitrogens is 1. The third kappa shape index (κ3) is 20.3. The van der Waals surface area contributed by atoms with Crippen molar-refractivity contribution in [2.45, 2.75) is 170 Å². The fraction of sp³-hybridized carbons (Fsp3) is 0.944. The minimum absolute atomic E-state index is 0.104. The molecule has 0 radical (unpaired) electrons. The van der Waals surface area contributed by atoms with E-state index in [2.05, 4.69) is 0 Å². The van der Waals surface area contributed by atoms with Crippen LogP contribution in [0.3, 0.4) is 0 Å². The van der Waals surface area contributed by atoms with Gasteiger partial charge in [0.15, 0.2) is 6.10 Å². The standard InChI is InChI=1S/C36H54F18NO8P/c1-55(2,3)22-23-61-64(58,59)62-25-26(63-28(57)19-15-11-7-5-9-13-17-21-30(39,40)32(43,44)34(47,48)36(52,53)54)24-60-27(56)18-14-10-6-4-8-12-16-20-29(37,38)31(41,42)33(45,46)35(49,50)51/h26H,4-25H2,1-3H3/p+1/t26-/m1/s1. The molecule has 1 unspecified atom stereocenters. The zero-order valence-corrected chi connectivity index (χ0v) is 36.0. The number of esters is 2. The Labute approximate surface area is 358 Å². The van der Waals surface area contributed by atoms with Crippen molar-refractivity contribution >= 4 is 19.8 Å². The predicted octanol–water partition coefficient (Wildman–Crippen LogP) is 12.2. The second-order valence-electron chi connectivity index (χ2n) is 16.1. The summed E-state index contributed by atoms with van der Waals surface area (Å²) in [5, 5.41) is 0. The summed E-state index contributed by atoms with van der Waals surface area (Å²) in [4.78, 5) is 34.9. The van der Waals surface area contributed by atoms with E-state index in [-0.39, 0.29) is 77.4 Å². The molecule has 28 heteroatoms.